The number of carboxylic acids is 1. The van der Waals surface area contributed by atoms with Gasteiger partial charge >= 0.3 is 0 Å². The lowest BCUT2D eigenvalue weighted by atomic mass is 10.1. The van der Waals surface area contributed by atoms with E-state index in [9.17, 15) is 14.7 Å². The van der Waals surface area contributed by atoms with Crippen LogP contribution in [0.1, 0.15) is 15.9 Å². The molecule has 0 bridgehead atoms. The third-order valence-electron chi connectivity index (χ3n) is 3.02. The Kier molecular flexibility index (Phi) is 1.68. The summed E-state index contributed by atoms with van der Waals surface area (Å²) >= 11 is 0. The maximum Gasteiger partial charge on any atom is 0.260 e. The molecule has 3 rings (SSSR count). The van der Waals surface area contributed by atoms with E-state index in [-0.39, 0.29) is 5.56 Å². The van der Waals surface area contributed by atoms with Gasteiger partial charge in [0.2, 0.25) is 0 Å². The number of carbonyl (C=O) groups is 1. The zero-order valence-corrected chi connectivity index (χ0v) is 8.40. The molecule has 4 nitrogen and oxygen atoms in total. The van der Waals surface area contributed by atoms with Crippen LogP contribution in [0, 0.1) is 0 Å². The van der Waals surface area contributed by atoms with E-state index in [0.29, 0.717) is 6.54 Å². The molecule has 0 atom stereocenters. The Balaban J connectivity index is 2.52. The number of aromatic nitrogens is 1. The molecule has 0 saturated heterocycles. The molecular weight excluding hydrogens is 206 g/mol. The van der Waals surface area contributed by atoms with Gasteiger partial charge in [0.25, 0.3) is 5.56 Å². The Morgan fingerprint density at radius 2 is 2.19 bits per heavy atom. The average molecular weight is 214 g/mol. The maximum absolute atomic E-state index is 11.8. The molecule has 80 valence electrons. The van der Waals surface area contributed by atoms with Gasteiger partial charge in [-0.25, -0.2) is 0 Å². The fourth-order valence-electron chi connectivity index (χ4n) is 2.31. The van der Waals surface area contributed by atoms with Gasteiger partial charge in [-0.1, -0.05) is 18.2 Å². The second kappa shape index (κ2) is 2.95. The fraction of sp³-hybridized carbons (Fsp3) is 0.167. The first-order valence-corrected chi connectivity index (χ1v) is 5.05. The van der Waals surface area contributed by atoms with Crippen molar-refractivity contribution in [3.63, 3.8) is 0 Å². The monoisotopic (exact) mass is 214 g/mol. The first kappa shape index (κ1) is 9.15. The fourth-order valence-corrected chi connectivity index (χ4v) is 2.31. The summed E-state index contributed by atoms with van der Waals surface area (Å²) in [6, 6.07) is 7.05. The summed E-state index contributed by atoms with van der Waals surface area (Å²) in [6.45, 7) is 0.551. The normalized spacial score (nSPS) is 13.2. The number of aryl methyl sites for hydroxylation is 2. The molecule has 2 aromatic rings. The van der Waals surface area contributed by atoms with Gasteiger partial charge in [0, 0.05) is 6.54 Å². The van der Waals surface area contributed by atoms with E-state index in [1.165, 1.54) is 10.6 Å². The van der Waals surface area contributed by atoms with Crippen molar-refractivity contribution >= 4 is 16.9 Å². The summed E-state index contributed by atoms with van der Waals surface area (Å²) in [7, 11) is 0. The van der Waals surface area contributed by atoms with Crippen molar-refractivity contribution in [2.75, 3.05) is 0 Å². The predicted octanol–water partition coefficient (Wildman–Crippen LogP) is -0.0789. The van der Waals surface area contributed by atoms with E-state index in [1.54, 1.807) is 0 Å². The number of hydrogen-bond donors (Lipinski definition) is 0. The minimum atomic E-state index is -1.41. The van der Waals surface area contributed by atoms with Crippen LogP contribution >= 0.6 is 0 Å². The Labute approximate surface area is 90.7 Å². The molecule has 0 saturated carbocycles. The molecule has 0 radical (unpaired) electrons. The summed E-state index contributed by atoms with van der Waals surface area (Å²) in [5, 5.41) is 11.6. The summed E-state index contributed by atoms with van der Waals surface area (Å²) in [5.74, 6) is -1.41. The lowest BCUT2D eigenvalue weighted by molar-refractivity contribution is -0.255. The number of pyridine rings is 1. The van der Waals surface area contributed by atoms with Crippen LogP contribution in [0.15, 0.2) is 29.1 Å². The Bertz CT molecular complexity index is 670. The third kappa shape index (κ3) is 1.04. The van der Waals surface area contributed by atoms with Gasteiger partial charge in [-0.15, -0.1) is 0 Å². The van der Waals surface area contributed by atoms with Crippen molar-refractivity contribution in [1.82, 2.24) is 4.57 Å². The third-order valence-corrected chi connectivity index (χ3v) is 3.02. The van der Waals surface area contributed by atoms with Crippen molar-refractivity contribution < 1.29 is 9.90 Å². The van der Waals surface area contributed by atoms with Crippen molar-refractivity contribution in [2.24, 2.45) is 0 Å². The second-order valence-corrected chi connectivity index (χ2v) is 3.91. The average Bonchev–Trinajstić information content (AvgIpc) is 2.68. The first-order chi connectivity index (χ1) is 7.68. The van der Waals surface area contributed by atoms with Crippen LogP contribution in [0.25, 0.3) is 10.9 Å². The van der Waals surface area contributed by atoms with Gasteiger partial charge in [-0.3, -0.25) is 4.79 Å². The largest absolute Gasteiger partial charge is 0.545 e. The molecule has 0 N–H and O–H groups in total. The molecule has 16 heavy (non-hydrogen) atoms. The van der Waals surface area contributed by atoms with Crippen molar-refractivity contribution in [3.05, 3.63) is 45.7 Å². The number of nitrogens with zero attached hydrogens (tertiary/aromatic N) is 1. The van der Waals surface area contributed by atoms with Crippen molar-refractivity contribution in [2.45, 2.75) is 13.0 Å². The number of benzene rings is 1. The summed E-state index contributed by atoms with van der Waals surface area (Å²) in [5.41, 5.74) is 1.24. The van der Waals surface area contributed by atoms with Crippen LogP contribution in [-0.2, 0) is 13.0 Å². The first-order valence-electron chi connectivity index (χ1n) is 5.05. The summed E-state index contributed by atoms with van der Waals surface area (Å²) < 4.78 is 1.52. The van der Waals surface area contributed by atoms with Gasteiger partial charge in [0.05, 0.1) is 17.0 Å². The lowest BCUT2D eigenvalue weighted by Crippen LogP contribution is -2.33. The Hall–Kier alpha value is -2.10. The molecule has 0 spiro atoms. The Morgan fingerprint density at radius 1 is 1.38 bits per heavy atom. The second-order valence-electron chi connectivity index (χ2n) is 3.91. The van der Waals surface area contributed by atoms with E-state index in [2.05, 4.69) is 0 Å². The highest BCUT2D eigenvalue weighted by Gasteiger charge is 2.17. The number of aromatic carboxylic acids is 1. The number of para-hydroxylation sites is 1. The molecule has 0 unspecified atom stereocenters. The molecule has 1 aromatic heterocycles. The molecular formula is C12H8NO3-. The molecule has 1 aromatic carbocycles. The van der Waals surface area contributed by atoms with Gasteiger partial charge in [0.1, 0.15) is 0 Å². The highest BCUT2D eigenvalue weighted by molar-refractivity contribution is 5.92. The van der Waals surface area contributed by atoms with Gasteiger partial charge in [0.15, 0.2) is 0 Å². The van der Waals surface area contributed by atoms with Gasteiger partial charge in [-0.2, -0.15) is 0 Å². The number of carboxylic acid groups (broad SMARTS) is 1. The van der Waals surface area contributed by atoms with Crippen molar-refractivity contribution in [3.8, 4) is 0 Å². The topological polar surface area (TPSA) is 62.1 Å². The maximum atomic E-state index is 11.8. The van der Waals surface area contributed by atoms with Crippen LogP contribution in [0.2, 0.25) is 0 Å². The highest BCUT2D eigenvalue weighted by atomic mass is 16.4. The lowest BCUT2D eigenvalue weighted by Gasteiger charge is -2.08. The molecule has 0 aliphatic carbocycles. The number of rotatable bonds is 1. The highest BCUT2D eigenvalue weighted by Crippen LogP contribution is 2.24. The number of carbonyl (C=O) groups excluding carboxylic acids is 1. The summed E-state index contributed by atoms with van der Waals surface area (Å²) in [6.07, 6.45) is 0.781. The molecule has 0 amide bonds. The molecule has 2 heterocycles. The van der Waals surface area contributed by atoms with Crippen LogP contribution < -0.4 is 10.7 Å². The molecule has 4 heteroatoms. The van der Waals surface area contributed by atoms with E-state index in [0.717, 1.165) is 22.9 Å². The number of hydrogen-bond acceptors (Lipinski definition) is 3. The zero-order chi connectivity index (χ0) is 11.3. The SMILES string of the molecule is O=C([O-])c1cc2cccc3c2n(c1=O)CC3. The van der Waals surface area contributed by atoms with Crippen molar-refractivity contribution in [1.29, 1.82) is 0 Å². The van der Waals surface area contributed by atoms with Crippen LogP contribution in [0.5, 0.6) is 0 Å². The smallest absolute Gasteiger partial charge is 0.260 e. The van der Waals surface area contributed by atoms with Gasteiger partial charge in [-0.05, 0) is 23.4 Å². The van der Waals surface area contributed by atoms with Gasteiger partial charge < -0.3 is 14.5 Å². The van der Waals surface area contributed by atoms with E-state index in [4.69, 9.17) is 0 Å². The zero-order valence-electron chi connectivity index (χ0n) is 8.40. The van der Waals surface area contributed by atoms with Crippen LogP contribution in [0.3, 0.4) is 0 Å². The standard InChI is InChI=1S/C12H9NO3/c14-11-9(12(15)16)6-8-3-1-2-7-4-5-13(11)10(7)8/h1-3,6H,4-5H2,(H,15,16)/p-1. The van der Waals surface area contributed by atoms with E-state index < -0.39 is 11.5 Å². The van der Waals surface area contributed by atoms with Crippen LogP contribution in [-0.4, -0.2) is 10.5 Å². The molecule has 1 aliphatic rings. The van der Waals surface area contributed by atoms with E-state index in [1.807, 2.05) is 18.2 Å². The minimum absolute atomic E-state index is 0.258. The Morgan fingerprint density at radius 3 is 2.94 bits per heavy atom. The van der Waals surface area contributed by atoms with E-state index >= 15 is 0 Å². The molecule has 1 aliphatic heterocycles. The quantitative estimate of drug-likeness (QED) is 0.667. The predicted molar refractivity (Wildman–Crippen MR) is 56.2 cm³/mol. The molecule has 0 fully saturated rings. The van der Waals surface area contributed by atoms with Crippen LogP contribution in [0.4, 0.5) is 0 Å². The minimum Gasteiger partial charge on any atom is -0.545 e. The summed E-state index contributed by atoms with van der Waals surface area (Å²) in [4.78, 5) is 22.7.